The van der Waals surface area contributed by atoms with Crippen molar-refractivity contribution in [3.63, 3.8) is 0 Å². The quantitative estimate of drug-likeness (QED) is 0.614. The number of nitro groups is 1. The van der Waals surface area contributed by atoms with Gasteiger partial charge in [0.25, 0.3) is 5.69 Å². The number of nitrogens with zero attached hydrogens (tertiary/aromatic N) is 3. The van der Waals surface area contributed by atoms with Crippen molar-refractivity contribution in [3.8, 4) is 6.07 Å². The molecule has 21 heavy (non-hydrogen) atoms. The number of halogens is 2. The van der Waals surface area contributed by atoms with Gasteiger partial charge in [-0.15, -0.1) is 0 Å². The van der Waals surface area contributed by atoms with Crippen LogP contribution < -0.4 is 4.90 Å². The predicted molar refractivity (Wildman–Crippen MR) is 82.3 cm³/mol. The molecule has 106 valence electrons. The number of non-ortho nitro benzene ring substituents is 1. The molecule has 0 radical (unpaired) electrons. The summed E-state index contributed by atoms with van der Waals surface area (Å²) in [5.74, 6) is 0. The molecule has 5 nitrogen and oxygen atoms in total. The van der Waals surface area contributed by atoms with E-state index in [2.05, 4.69) is 0 Å². The first-order valence-corrected chi connectivity index (χ1v) is 6.57. The third kappa shape index (κ3) is 3.07. The van der Waals surface area contributed by atoms with E-state index in [1.54, 1.807) is 36.2 Å². The number of hydrogen-bond donors (Lipinski definition) is 0. The summed E-state index contributed by atoms with van der Waals surface area (Å²) in [6, 6.07) is 11.4. The summed E-state index contributed by atoms with van der Waals surface area (Å²) in [5.41, 5.74) is 1.46. The molecular formula is C14H9Cl2N3O2. The molecular weight excluding hydrogens is 313 g/mol. The molecule has 0 atom stereocenters. The van der Waals surface area contributed by atoms with E-state index in [0.717, 1.165) is 0 Å². The molecule has 0 saturated heterocycles. The smallest absolute Gasteiger partial charge is 0.272 e. The van der Waals surface area contributed by atoms with Gasteiger partial charge in [-0.05, 0) is 18.2 Å². The van der Waals surface area contributed by atoms with Gasteiger partial charge in [-0.25, -0.2) is 0 Å². The molecule has 2 rings (SSSR count). The van der Waals surface area contributed by atoms with Gasteiger partial charge in [-0.3, -0.25) is 10.1 Å². The van der Waals surface area contributed by atoms with Crippen LogP contribution in [0.3, 0.4) is 0 Å². The van der Waals surface area contributed by atoms with E-state index < -0.39 is 4.92 Å². The van der Waals surface area contributed by atoms with Crippen molar-refractivity contribution in [2.45, 2.75) is 0 Å². The zero-order chi connectivity index (χ0) is 15.6. The summed E-state index contributed by atoms with van der Waals surface area (Å²) < 4.78 is 0. The Hall–Kier alpha value is -2.29. The summed E-state index contributed by atoms with van der Waals surface area (Å²) in [6.45, 7) is 0. The molecule has 2 aromatic carbocycles. The summed E-state index contributed by atoms with van der Waals surface area (Å²) in [7, 11) is 1.72. The predicted octanol–water partition coefficient (Wildman–Crippen LogP) is 4.54. The fourth-order valence-corrected chi connectivity index (χ4v) is 2.62. The maximum Gasteiger partial charge on any atom is 0.272 e. The zero-order valence-electron chi connectivity index (χ0n) is 10.9. The van der Waals surface area contributed by atoms with Crippen LogP contribution in [0.5, 0.6) is 0 Å². The topological polar surface area (TPSA) is 70.2 Å². The number of benzene rings is 2. The van der Waals surface area contributed by atoms with E-state index >= 15 is 0 Å². The van der Waals surface area contributed by atoms with E-state index in [-0.39, 0.29) is 15.7 Å². The van der Waals surface area contributed by atoms with Crippen LogP contribution >= 0.6 is 23.2 Å². The fourth-order valence-electron chi connectivity index (χ4n) is 1.89. The Bertz CT molecular complexity index is 733. The third-order valence-corrected chi connectivity index (χ3v) is 3.49. The van der Waals surface area contributed by atoms with Crippen molar-refractivity contribution in [2.75, 3.05) is 11.9 Å². The highest BCUT2D eigenvalue weighted by Gasteiger charge is 2.18. The van der Waals surface area contributed by atoms with Gasteiger partial charge < -0.3 is 4.90 Å². The van der Waals surface area contributed by atoms with Gasteiger partial charge in [-0.2, -0.15) is 5.26 Å². The molecule has 7 heteroatoms. The molecule has 0 bridgehead atoms. The highest BCUT2D eigenvalue weighted by atomic mass is 35.5. The van der Waals surface area contributed by atoms with Crippen LogP contribution in [-0.2, 0) is 0 Å². The first kappa shape index (κ1) is 15.1. The standard InChI is InChI=1S/C14H9Cl2N3O2/c1-18(10-4-2-3-9(5-10)8-17)14-12(15)6-11(19(20)21)7-13(14)16/h2-7H,1H3. The molecule has 0 aliphatic rings. The van der Waals surface area contributed by atoms with Crippen LogP contribution in [0, 0.1) is 21.4 Å². The molecule has 0 aliphatic carbocycles. The Morgan fingerprint density at radius 1 is 1.24 bits per heavy atom. The molecule has 0 N–H and O–H groups in total. The highest BCUT2D eigenvalue weighted by Crippen LogP contribution is 2.39. The minimum absolute atomic E-state index is 0.166. The van der Waals surface area contributed by atoms with E-state index in [4.69, 9.17) is 28.5 Å². The first-order valence-electron chi connectivity index (χ1n) is 5.81. The fraction of sp³-hybridized carbons (Fsp3) is 0.0714. The van der Waals surface area contributed by atoms with Crippen LogP contribution in [-0.4, -0.2) is 12.0 Å². The SMILES string of the molecule is CN(c1cccc(C#N)c1)c1c(Cl)cc([N+](=O)[O-])cc1Cl. The highest BCUT2D eigenvalue weighted by molar-refractivity contribution is 6.39. The average molecular weight is 322 g/mol. The molecule has 0 spiro atoms. The lowest BCUT2D eigenvalue weighted by Gasteiger charge is -2.22. The van der Waals surface area contributed by atoms with Crippen molar-refractivity contribution in [2.24, 2.45) is 0 Å². The van der Waals surface area contributed by atoms with Crippen LogP contribution in [0.2, 0.25) is 10.0 Å². The van der Waals surface area contributed by atoms with Crippen LogP contribution in [0.15, 0.2) is 36.4 Å². The molecule has 0 aromatic heterocycles. The van der Waals surface area contributed by atoms with Crippen LogP contribution in [0.4, 0.5) is 17.1 Å². The zero-order valence-corrected chi connectivity index (χ0v) is 12.4. The van der Waals surface area contributed by atoms with Gasteiger partial charge in [0.15, 0.2) is 0 Å². The van der Waals surface area contributed by atoms with Crippen molar-refractivity contribution >= 4 is 40.3 Å². The Labute approximate surface area is 131 Å². The lowest BCUT2D eigenvalue weighted by molar-refractivity contribution is -0.384. The minimum Gasteiger partial charge on any atom is -0.342 e. The summed E-state index contributed by atoms with van der Waals surface area (Å²) in [5, 5.41) is 20.0. The van der Waals surface area contributed by atoms with Gasteiger partial charge in [0, 0.05) is 24.9 Å². The second-order valence-electron chi connectivity index (χ2n) is 4.24. The number of nitro benzene ring substituents is 1. The Balaban J connectivity index is 2.51. The van der Waals surface area contributed by atoms with E-state index in [1.807, 2.05) is 6.07 Å². The normalized spacial score (nSPS) is 10.0. The Kier molecular flexibility index (Phi) is 4.32. The minimum atomic E-state index is -0.558. The van der Waals surface area contributed by atoms with Gasteiger partial charge in [0.1, 0.15) is 0 Å². The summed E-state index contributed by atoms with van der Waals surface area (Å²) in [6.07, 6.45) is 0. The second kappa shape index (κ2) is 6.00. The molecule has 0 heterocycles. The number of hydrogen-bond acceptors (Lipinski definition) is 4. The largest absolute Gasteiger partial charge is 0.342 e. The molecule has 0 amide bonds. The third-order valence-electron chi connectivity index (χ3n) is 2.91. The summed E-state index contributed by atoms with van der Waals surface area (Å²) in [4.78, 5) is 11.9. The summed E-state index contributed by atoms with van der Waals surface area (Å²) >= 11 is 12.2. The van der Waals surface area contributed by atoms with E-state index in [9.17, 15) is 10.1 Å². The van der Waals surface area contributed by atoms with E-state index in [0.29, 0.717) is 16.9 Å². The lowest BCUT2D eigenvalue weighted by atomic mass is 10.2. The van der Waals surface area contributed by atoms with E-state index in [1.165, 1.54) is 12.1 Å². The second-order valence-corrected chi connectivity index (χ2v) is 5.05. The molecule has 0 aliphatic heterocycles. The Morgan fingerprint density at radius 3 is 2.38 bits per heavy atom. The van der Waals surface area contributed by atoms with Gasteiger partial charge in [-0.1, -0.05) is 29.3 Å². The Morgan fingerprint density at radius 2 is 1.86 bits per heavy atom. The number of rotatable bonds is 3. The van der Waals surface area contributed by atoms with Gasteiger partial charge in [0.05, 0.1) is 32.3 Å². The molecule has 0 fully saturated rings. The molecule has 0 saturated carbocycles. The van der Waals surface area contributed by atoms with Crippen molar-refractivity contribution < 1.29 is 4.92 Å². The average Bonchev–Trinajstić information content (AvgIpc) is 2.46. The van der Waals surface area contributed by atoms with Crippen molar-refractivity contribution in [1.29, 1.82) is 5.26 Å². The number of nitriles is 1. The van der Waals surface area contributed by atoms with Crippen molar-refractivity contribution in [3.05, 3.63) is 62.1 Å². The molecule has 2 aromatic rings. The maximum absolute atomic E-state index is 10.8. The monoisotopic (exact) mass is 321 g/mol. The van der Waals surface area contributed by atoms with Gasteiger partial charge in [0.2, 0.25) is 0 Å². The van der Waals surface area contributed by atoms with Crippen molar-refractivity contribution in [1.82, 2.24) is 0 Å². The lowest BCUT2D eigenvalue weighted by Crippen LogP contribution is -2.11. The first-order chi connectivity index (χ1) is 9.93. The maximum atomic E-state index is 10.8. The van der Waals surface area contributed by atoms with Gasteiger partial charge >= 0.3 is 0 Å². The van der Waals surface area contributed by atoms with Crippen LogP contribution in [0.1, 0.15) is 5.56 Å². The number of anilines is 2. The van der Waals surface area contributed by atoms with Crippen LogP contribution in [0.25, 0.3) is 0 Å². The molecule has 0 unspecified atom stereocenters.